The SMILES string of the molecule is CN1CC(=O)N(CCCC(=O)Nc2ccc(-c3nccs3)cc2)C1=O. The Morgan fingerprint density at radius 1 is 1.28 bits per heavy atom. The lowest BCUT2D eigenvalue weighted by Gasteiger charge is -2.13. The van der Waals surface area contributed by atoms with E-state index in [9.17, 15) is 14.4 Å². The first-order valence-electron chi connectivity index (χ1n) is 7.90. The van der Waals surface area contributed by atoms with Crippen LogP contribution in [0, 0.1) is 0 Å². The minimum atomic E-state index is -0.303. The molecule has 3 rings (SSSR count). The van der Waals surface area contributed by atoms with Gasteiger partial charge in [0, 0.05) is 42.8 Å². The van der Waals surface area contributed by atoms with Crippen molar-refractivity contribution in [1.82, 2.24) is 14.8 Å². The van der Waals surface area contributed by atoms with E-state index in [1.54, 1.807) is 24.6 Å². The highest BCUT2D eigenvalue weighted by Crippen LogP contribution is 2.23. The molecule has 4 amide bonds. The normalized spacial score (nSPS) is 14.3. The van der Waals surface area contributed by atoms with E-state index in [1.165, 1.54) is 9.80 Å². The standard InChI is InChI=1S/C17H18N4O3S/c1-20-11-15(23)21(17(20)24)9-2-3-14(22)19-13-6-4-12(5-7-13)16-18-8-10-25-16/h4-8,10H,2-3,9,11H2,1H3,(H,19,22). The van der Waals surface area contributed by atoms with Gasteiger partial charge in [0.2, 0.25) is 11.8 Å². The number of anilines is 1. The number of likely N-dealkylation sites (N-methyl/N-ethyl adjacent to an activating group) is 1. The highest BCUT2D eigenvalue weighted by molar-refractivity contribution is 7.13. The van der Waals surface area contributed by atoms with E-state index in [2.05, 4.69) is 10.3 Å². The summed E-state index contributed by atoms with van der Waals surface area (Å²) in [6, 6.07) is 7.18. The van der Waals surface area contributed by atoms with Crippen LogP contribution in [-0.2, 0) is 9.59 Å². The zero-order chi connectivity index (χ0) is 17.8. The van der Waals surface area contributed by atoms with Gasteiger partial charge in [-0.3, -0.25) is 14.5 Å². The number of thiazole rings is 1. The van der Waals surface area contributed by atoms with Gasteiger partial charge in [-0.05, 0) is 30.7 Å². The highest BCUT2D eigenvalue weighted by Gasteiger charge is 2.32. The average molecular weight is 358 g/mol. The van der Waals surface area contributed by atoms with E-state index in [0.29, 0.717) is 12.1 Å². The number of carbonyl (C=O) groups is 3. The van der Waals surface area contributed by atoms with Gasteiger partial charge in [-0.1, -0.05) is 0 Å². The van der Waals surface area contributed by atoms with Gasteiger partial charge in [-0.25, -0.2) is 9.78 Å². The van der Waals surface area contributed by atoms with Crippen molar-refractivity contribution in [3.8, 4) is 10.6 Å². The van der Waals surface area contributed by atoms with Crippen LogP contribution in [0.25, 0.3) is 10.6 Å². The van der Waals surface area contributed by atoms with Gasteiger partial charge in [0.1, 0.15) is 11.6 Å². The van der Waals surface area contributed by atoms with Crippen LogP contribution < -0.4 is 5.32 Å². The van der Waals surface area contributed by atoms with E-state index in [-0.39, 0.29) is 37.4 Å². The molecule has 25 heavy (non-hydrogen) atoms. The monoisotopic (exact) mass is 358 g/mol. The summed E-state index contributed by atoms with van der Waals surface area (Å²) >= 11 is 1.56. The molecule has 0 radical (unpaired) electrons. The summed E-state index contributed by atoms with van der Waals surface area (Å²) in [5.41, 5.74) is 1.71. The Labute approximate surface area is 149 Å². The summed E-state index contributed by atoms with van der Waals surface area (Å²) in [4.78, 5) is 42.2. The van der Waals surface area contributed by atoms with E-state index >= 15 is 0 Å². The Bertz CT molecular complexity index is 774. The maximum Gasteiger partial charge on any atom is 0.326 e. The summed E-state index contributed by atoms with van der Waals surface area (Å²) in [6.07, 6.45) is 2.44. The molecule has 0 aliphatic carbocycles. The van der Waals surface area contributed by atoms with Gasteiger partial charge in [0.05, 0.1) is 0 Å². The number of urea groups is 1. The van der Waals surface area contributed by atoms with Crippen molar-refractivity contribution in [2.75, 3.05) is 25.5 Å². The number of amides is 4. The van der Waals surface area contributed by atoms with Crippen molar-refractivity contribution >= 4 is 34.9 Å². The predicted octanol–water partition coefficient (Wildman–Crippen LogP) is 2.42. The van der Waals surface area contributed by atoms with Crippen LogP contribution in [-0.4, -0.2) is 52.8 Å². The quantitative estimate of drug-likeness (QED) is 0.804. The first-order valence-corrected chi connectivity index (χ1v) is 8.78. The Balaban J connectivity index is 1.46. The zero-order valence-corrected chi connectivity index (χ0v) is 14.6. The third-order valence-electron chi connectivity index (χ3n) is 3.86. The molecule has 1 saturated heterocycles. The predicted molar refractivity (Wildman–Crippen MR) is 95.2 cm³/mol. The molecule has 0 spiro atoms. The van der Waals surface area contributed by atoms with Gasteiger partial charge in [0.25, 0.3) is 0 Å². The molecule has 8 heteroatoms. The molecule has 2 aromatic rings. The molecular formula is C17H18N4O3S. The molecule has 1 aliphatic heterocycles. The lowest BCUT2D eigenvalue weighted by molar-refractivity contribution is -0.125. The molecular weight excluding hydrogens is 340 g/mol. The molecule has 1 aromatic carbocycles. The van der Waals surface area contributed by atoms with Crippen LogP contribution in [0.1, 0.15) is 12.8 Å². The minimum Gasteiger partial charge on any atom is -0.326 e. The third-order valence-corrected chi connectivity index (χ3v) is 4.69. The molecule has 1 aliphatic rings. The number of nitrogens with one attached hydrogen (secondary N) is 1. The molecule has 1 fully saturated rings. The van der Waals surface area contributed by atoms with Gasteiger partial charge < -0.3 is 10.2 Å². The molecule has 0 bridgehead atoms. The number of benzene rings is 1. The molecule has 130 valence electrons. The van der Waals surface area contributed by atoms with Crippen molar-refractivity contribution in [2.24, 2.45) is 0 Å². The summed E-state index contributed by atoms with van der Waals surface area (Å²) in [7, 11) is 1.59. The molecule has 1 N–H and O–H groups in total. The molecule has 1 aromatic heterocycles. The molecule has 0 unspecified atom stereocenters. The van der Waals surface area contributed by atoms with Crippen molar-refractivity contribution in [2.45, 2.75) is 12.8 Å². The third kappa shape index (κ3) is 4.03. The van der Waals surface area contributed by atoms with Gasteiger partial charge in [-0.15, -0.1) is 11.3 Å². The Morgan fingerprint density at radius 3 is 2.64 bits per heavy atom. The van der Waals surface area contributed by atoms with Crippen molar-refractivity contribution in [3.63, 3.8) is 0 Å². The van der Waals surface area contributed by atoms with E-state index in [1.807, 2.05) is 29.6 Å². The van der Waals surface area contributed by atoms with E-state index < -0.39 is 0 Å². The number of nitrogens with zero attached hydrogens (tertiary/aromatic N) is 3. The zero-order valence-electron chi connectivity index (χ0n) is 13.8. The van der Waals surface area contributed by atoms with Gasteiger partial charge >= 0.3 is 6.03 Å². The summed E-state index contributed by atoms with van der Waals surface area (Å²) < 4.78 is 0. The van der Waals surface area contributed by atoms with Crippen LogP contribution in [0.4, 0.5) is 10.5 Å². The minimum absolute atomic E-state index is 0.108. The topological polar surface area (TPSA) is 82.6 Å². The van der Waals surface area contributed by atoms with Gasteiger partial charge in [-0.2, -0.15) is 0 Å². The maximum atomic E-state index is 12.0. The van der Waals surface area contributed by atoms with Crippen LogP contribution >= 0.6 is 11.3 Å². The van der Waals surface area contributed by atoms with E-state index in [0.717, 1.165) is 10.6 Å². The van der Waals surface area contributed by atoms with Crippen LogP contribution in [0.3, 0.4) is 0 Å². The fourth-order valence-electron chi connectivity index (χ4n) is 2.57. The second-order valence-corrected chi connectivity index (χ2v) is 6.64. The fraction of sp³-hybridized carbons (Fsp3) is 0.294. The summed E-state index contributed by atoms with van der Waals surface area (Å²) in [5, 5.41) is 5.66. The largest absolute Gasteiger partial charge is 0.326 e. The number of aromatic nitrogens is 1. The molecule has 7 nitrogen and oxygen atoms in total. The van der Waals surface area contributed by atoms with Crippen LogP contribution in [0.2, 0.25) is 0 Å². The van der Waals surface area contributed by atoms with Gasteiger partial charge in [0.15, 0.2) is 0 Å². The number of hydrogen-bond acceptors (Lipinski definition) is 5. The van der Waals surface area contributed by atoms with Crippen molar-refractivity contribution in [3.05, 3.63) is 35.8 Å². The Morgan fingerprint density at radius 2 is 2.04 bits per heavy atom. The van der Waals surface area contributed by atoms with Crippen molar-refractivity contribution in [1.29, 1.82) is 0 Å². The maximum absolute atomic E-state index is 12.0. The van der Waals surface area contributed by atoms with Crippen LogP contribution in [0.15, 0.2) is 35.8 Å². The first kappa shape index (κ1) is 17.1. The Hall–Kier alpha value is -2.74. The van der Waals surface area contributed by atoms with Crippen molar-refractivity contribution < 1.29 is 14.4 Å². The lowest BCUT2D eigenvalue weighted by Crippen LogP contribution is -2.32. The smallest absolute Gasteiger partial charge is 0.326 e. The Kier molecular flexibility index (Phi) is 5.08. The second-order valence-electron chi connectivity index (χ2n) is 5.75. The second kappa shape index (κ2) is 7.43. The summed E-state index contributed by atoms with van der Waals surface area (Å²) in [5.74, 6) is -0.361. The fourth-order valence-corrected chi connectivity index (χ4v) is 3.22. The molecule has 2 heterocycles. The first-order chi connectivity index (χ1) is 12.0. The molecule has 0 atom stereocenters. The lowest BCUT2D eigenvalue weighted by atomic mass is 10.2. The number of rotatable bonds is 6. The summed E-state index contributed by atoms with van der Waals surface area (Å²) in [6.45, 7) is 0.370. The number of imide groups is 1. The highest BCUT2D eigenvalue weighted by atomic mass is 32.1. The number of carbonyl (C=O) groups excluding carboxylic acids is 3. The van der Waals surface area contributed by atoms with Crippen LogP contribution in [0.5, 0.6) is 0 Å². The van der Waals surface area contributed by atoms with E-state index in [4.69, 9.17) is 0 Å². The average Bonchev–Trinajstić information content (AvgIpc) is 3.20. The number of hydrogen-bond donors (Lipinski definition) is 1. The molecule has 0 saturated carbocycles.